The van der Waals surface area contributed by atoms with Crippen molar-refractivity contribution in [3.05, 3.63) is 54.4 Å². The van der Waals surface area contributed by atoms with Crippen LogP contribution in [-0.2, 0) is 9.59 Å². The van der Waals surface area contributed by atoms with Gasteiger partial charge in [-0.3, -0.25) is 14.4 Å². The van der Waals surface area contributed by atoms with Crippen molar-refractivity contribution in [1.29, 1.82) is 0 Å². The molecule has 2 bridgehead atoms. The summed E-state index contributed by atoms with van der Waals surface area (Å²) in [7, 11) is 1.56. The number of ether oxygens (including phenoxy) is 2. The Bertz CT molecular complexity index is 1110. The Kier molecular flexibility index (Phi) is 4.18. The van der Waals surface area contributed by atoms with E-state index in [0.29, 0.717) is 23.1 Å². The highest BCUT2D eigenvalue weighted by Gasteiger charge is 2.67. The van der Waals surface area contributed by atoms with Crippen molar-refractivity contribution >= 4 is 23.5 Å². The van der Waals surface area contributed by atoms with Crippen LogP contribution in [0, 0.1) is 35.5 Å². The molecule has 3 fully saturated rings. The number of aromatic nitrogens is 2. The minimum Gasteiger partial charge on any atom is -0.497 e. The molecule has 0 N–H and O–H groups in total. The fourth-order valence-electron chi connectivity index (χ4n) is 5.66. The van der Waals surface area contributed by atoms with Crippen molar-refractivity contribution < 1.29 is 23.9 Å². The molecule has 1 aromatic carbocycles. The lowest BCUT2D eigenvalue weighted by Crippen LogP contribution is -2.40. The maximum Gasteiger partial charge on any atom is 0.240 e. The van der Waals surface area contributed by atoms with E-state index in [1.807, 2.05) is 0 Å². The van der Waals surface area contributed by atoms with E-state index in [9.17, 15) is 14.4 Å². The molecule has 8 nitrogen and oxygen atoms in total. The van der Waals surface area contributed by atoms with Crippen molar-refractivity contribution in [3.8, 4) is 11.5 Å². The lowest BCUT2D eigenvalue weighted by Gasteiger charge is -2.37. The number of anilines is 1. The predicted molar refractivity (Wildman–Crippen MR) is 112 cm³/mol. The first-order valence-corrected chi connectivity index (χ1v) is 10.7. The molecule has 1 aromatic heterocycles. The Morgan fingerprint density at radius 3 is 2.12 bits per heavy atom. The number of nitrogens with zero attached hydrogens (tertiary/aromatic N) is 3. The van der Waals surface area contributed by atoms with Gasteiger partial charge in [-0.15, -0.1) is 0 Å². The lowest BCUT2D eigenvalue weighted by atomic mass is 9.63. The third kappa shape index (κ3) is 2.78. The third-order valence-electron chi connectivity index (χ3n) is 7.26. The van der Waals surface area contributed by atoms with Crippen molar-refractivity contribution in [2.24, 2.45) is 35.5 Å². The summed E-state index contributed by atoms with van der Waals surface area (Å²) in [4.78, 5) is 48.1. The smallest absolute Gasteiger partial charge is 0.240 e. The van der Waals surface area contributed by atoms with Gasteiger partial charge in [0.1, 0.15) is 5.75 Å². The number of hydrogen-bond donors (Lipinski definition) is 0. The Morgan fingerprint density at radius 2 is 1.56 bits per heavy atom. The number of methoxy groups -OCH3 is 1. The molecule has 32 heavy (non-hydrogen) atoms. The Hall–Kier alpha value is -3.55. The van der Waals surface area contributed by atoms with Crippen LogP contribution in [0.5, 0.6) is 11.5 Å². The van der Waals surface area contributed by atoms with Gasteiger partial charge < -0.3 is 9.47 Å². The first kappa shape index (κ1) is 19.2. The number of hydrogen-bond acceptors (Lipinski definition) is 7. The highest BCUT2D eigenvalue weighted by atomic mass is 16.5. The van der Waals surface area contributed by atoms with Crippen LogP contribution in [0.1, 0.15) is 16.8 Å². The number of amides is 2. The summed E-state index contributed by atoms with van der Waals surface area (Å²) >= 11 is 0. The number of carbonyl (C=O) groups excluding carboxylic acids is 3. The minimum atomic E-state index is -0.289. The van der Waals surface area contributed by atoms with Crippen LogP contribution in [0.2, 0.25) is 0 Å². The molecule has 8 heteroatoms. The molecule has 7 rings (SSSR count). The van der Waals surface area contributed by atoms with Gasteiger partial charge in [0, 0.05) is 5.56 Å². The quantitative estimate of drug-likeness (QED) is 0.393. The minimum absolute atomic E-state index is 0.0660. The number of allylic oxidation sites excluding steroid dienone is 2. The lowest BCUT2D eigenvalue weighted by molar-refractivity contribution is -0.124. The Balaban J connectivity index is 1.14. The van der Waals surface area contributed by atoms with Crippen molar-refractivity contribution in [3.63, 3.8) is 0 Å². The highest BCUT2D eigenvalue weighted by molar-refractivity contribution is 6.21. The van der Waals surface area contributed by atoms with Crippen LogP contribution < -0.4 is 14.4 Å². The fraction of sp³-hybridized carbons (Fsp3) is 0.375. The van der Waals surface area contributed by atoms with Crippen LogP contribution in [0.3, 0.4) is 0 Å². The molecule has 0 spiro atoms. The molecule has 2 saturated carbocycles. The van der Waals surface area contributed by atoms with Crippen LogP contribution >= 0.6 is 0 Å². The first-order valence-electron chi connectivity index (χ1n) is 10.7. The largest absolute Gasteiger partial charge is 0.497 e. The van der Waals surface area contributed by atoms with Gasteiger partial charge in [-0.1, -0.05) is 12.2 Å². The van der Waals surface area contributed by atoms with E-state index in [0.717, 1.165) is 11.3 Å². The summed E-state index contributed by atoms with van der Waals surface area (Å²) in [6.45, 7) is -0.182. The van der Waals surface area contributed by atoms with Gasteiger partial charge in [0.2, 0.25) is 17.8 Å². The average molecular weight is 431 g/mol. The molecule has 1 saturated heterocycles. The standard InChI is InChI=1S/C24H21N3O5/c1-31-13-4-2-12(3-5-13)19(28)11-32-14-9-25-24(26-10-14)27-22(29)20-15-6-7-16(18-8-17(15)18)21(20)23(27)30/h2-7,9-10,15-18,20-21H,8,11H2,1H3/t15-,16+,17+,18-,20-,21+. The van der Waals surface area contributed by atoms with Crippen molar-refractivity contribution in [1.82, 2.24) is 9.97 Å². The summed E-state index contributed by atoms with van der Waals surface area (Å²) in [5, 5.41) is 0. The van der Waals surface area contributed by atoms with Gasteiger partial charge >= 0.3 is 0 Å². The molecule has 2 amide bonds. The van der Waals surface area contributed by atoms with Gasteiger partial charge in [0.25, 0.3) is 0 Å². The van der Waals surface area contributed by atoms with E-state index < -0.39 is 0 Å². The molecule has 4 aliphatic carbocycles. The summed E-state index contributed by atoms with van der Waals surface area (Å²) in [5.41, 5.74) is 0.500. The second-order valence-corrected chi connectivity index (χ2v) is 8.83. The van der Waals surface area contributed by atoms with Crippen molar-refractivity contribution in [2.75, 3.05) is 18.6 Å². The zero-order chi connectivity index (χ0) is 22.0. The summed E-state index contributed by atoms with van der Waals surface area (Å²) in [6, 6.07) is 6.75. The zero-order valence-electron chi connectivity index (χ0n) is 17.4. The van der Waals surface area contributed by atoms with Gasteiger partial charge in [-0.25, -0.2) is 14.9 Å². The Morgan fingerprint density at radius 1 is 0.969 bits per heavy atom. The summed E-state index contributed by atoms with van der Waals surface area (Å²) in [5.74, 6) is 1.24. The predicted octanol–water partition coefficient (Wildman–Crippen LogP) is 2.30. The van der Waals surface area contributed by atoms with Gasteiger partial charge in [0.15, 0.2) is 18.1 Å². The summed E-state index contributed by atoms with van der Waals surface area (Å²) in [6.07, 6.45) is 8.15. The molecule has 0 unspecified atom stereocenters. The van der Waals surface area contributed by atoms with E-state index in [4.69, 9.17) is 9.47 Å². The van der Waals surface area contributed by atoms with Crippen LogP contribution in [0.15, 0.2) is 48.8 Å². The number of Topliss-reactive ketones (excluding diaryl/α,β-unsaturated/α-hetero) is 1. The van der Waals surface area contributed by atoms with E-state index >= 15 is 0 Å². The second-order valence-electron chi connectivity index (χ2n) is 8.83. The van der Waals surface area contributed by atoms with E-state index in [1.54, 1.807) is 31.4 Å². The van der Waals surface area contributed by atoms with E-state index in [2.05, 4.69) is 22.1 Å². The van der Waals surface area contributed by atoms with Crippen molar-refractivity contribution in [2.45, 2.75) is 6.42 Å². The SMILES string of the molecule is COc1ccc(C(=O)COc2cnc(N3C(=O)[C@@H]4[C@@H]5C=C[C@@H]([C@H]6C[C@@H]56)[C@@H]4C3=O)nc2)cc1. The molecular weight excluding hydrogens is 410 g/mol. The second kappa shape index (κ2) is 6.98. The van der Waals surface area contributed by atoms with Crippen LogP contribution in [0.4, 0.5) is 5.95 Å². The fourth-order valence-corrected chi connectivity index (χ4v) is 5.66. The number of carbonyl (C=O) groups is 3. The molecule has 2 heterocycles. The molecule has 0 radical (unpaired) electrons. The molecule has 5 aliphatic rings. The first-order chi connectivity index (χ1) is 15.6. The van der Waals surface area contributed by atoms with E-state index in [1.165, 1.54) is 12.4 Å². The number of ketones is 1. The molecule has 2 aromatic rings. The average Bonchev–Trinajstić information content (AvgIpc) is 3.61. The summed E-state index contributed by atoms with van der Waals surface area (Å²) < 4.78 is 10.6. The van der Waals surface area contributed by atoms with Crippen LogP contribution in [0.25, 0.3) is 0 Å². The van der Waals surface area contributed by atoms with Gasteiger partial charge in [-0.2, -0.15) is 0 Å². The molecular formula is C24H21N3O5. The normalized spacial score (nSPS) is 31.3. The molecule has 162 valence electrons. The maximum atomic E-state index is 13.1. The molecule has 6 atom stereocenters. The molecule has 1 aliphatic heterocycles. The zero-order valence-corrected chi connectivity index (χ0v) is 17.4. The van der Waals surface area contributed by atoms with Crippen LogP contribution in [-0.4, -0.2) is 41.3 Å². The Labute approximate surface area is 184 Å². The number of imide groups is 1. The number of rotatable bonds is 6. The number of benzene rings is 1. The van der Waals surface area contributed by atoms with Gasteiger partial charge in [-0.05, 0) is 54.4 Å². The monoisotopic (exact) mass is 431 g/mol. The van der Waals surface area contributed by atoms with E-state index in [-0.39, 0.29) is 59.6 Å². The third-order valence-corrected chi connectivity index (χ3v) is 7.26. The maximum absolute atomic E-state index is 13.1. The topological polar surface area (TPSA) is 98.7 Å². The van der Waals surface area contributed by atoms with Gasteiger partial charge in [0.05, 0.1) is 31.3 Å². The highest BCUT2D eigenvalue weighted by Crippen LogP contribution is 2.65.